The van der Waals surface area contributed by atoms with Crippen LogP contribution in [0.5, 0.6) is 11.5 Å². The molecule has 2 unspecified atom stereocenters. The highest BCUT2D eigenvalue weighted by atomic mass is 19.4. The lowest BCUT2D eigenvalue weighted by Gasteiger charge is -2.41. The van der Waals surface area contributed by atoms with Crippen LogP contribution < -0.4 is 25.4 Å². The molecule has 1 aromatic heterocycles. The topological polar surface area (TPSA) is 93.1 Å². The van der Waals surface area contributed by atoms with Gasteiger partial charge >= 0.3 is 6.18 Å². The van der Waals surface area contributed by atoms with Gasteiger partial charge in [0.15, 0.2) is 11.5 Å². The summed E-state index contributed by atoms with van der Waals surface area (Å²) in [5.74, 6) is -0.894. The Kier molecular flexibility index (Phi) is 4.53. The summed E-state index contributed by atoms with van der Waals surface area (Å²) in [5.41, 5.74) is 7.04. The van der Waals surface area contributed by atoms with E-state index in [1.165, 1.54) is 29.3 Å². The van der Waals surface area contributed by atoms with Crippen LogP contribution in [-0.2, 0) is 18.1 Å². The second kappa shape index (κ2) is 7.32. The number of alkyl halides is 3. The summed E-state index contributed by atoms with van der Waals surface area (Å²) in [6.07, 6.45) is -4.63. The van der Waals surface area contributed by atoms with Crippen LogP contribution in [0.15, 0.2) is 53.1 Å². The van der Waals surface area contributed by atoms with Crippen molar-refractivity contribution >= 4 is 11.4 Å². The summed E-state index contributed by atoms with van der Waals surface area (Å²) in [6.45, 7) is -0.116. The van der Waals surface area contributed by atoms with Crippen molar-refractivity contribution in [1.29, 1.82) is 0 Å². The van der Waals surface area contributed by atoms with Crippen LogP contribution in [0.3, 0.4) is 0 Å². The summed E-state index contributed by atoms with van der Waals surface area (Å²) in [4.78, 5) is 1.32. The lowest BCUT2D eigenvalue weighted by atomic mass is 9.70. The zero-order valence-electron chi connectivity index (χ0n) is 18.0. The number of para-hydroxylation sites is 1. The monoisotopic (exact) mass is 489 g/mol. The van der Waals surface area contributed by atoms with E-state index in [4.69, 9.17) is 19.6 Å². The van der Waals surface area contributed by atoms with Gasteiger partial charge in [0.1, 0.15) is 17.8 Å². The Bertz CT molecular complexity index is 1370. The molecule has 3 aliphatic heterocycles. The van der Waals surface area contributed by atoms with E-state index in [2.05, 4.69) is 5.32 Å². The molecule has 0 saturated heterocycles. The Morgan fingerprint density at radius 2 is 1.91 bits per heavy atom. The molecule has 6 rings (SSSR count). The zero-order chi connectivity index (χ0) is 24.5. The molecule has 3 aliphatic rings. The minimum atomic E-state index is -4.66. The van der Waals surface area contributed by atoms with Crippen molar-refractivity contribution in [3.63, 3.8) is 0 Å². The molecule has 0 amide bonds. The minimum Gasteiger partial charge on any atom is -0.455 e. The van der Waals surface area contributed by atoms with Gasteiger partial charge in [0.25, 0.3) is 0 Å². The predicted molar refractivity (Wildman–Crippen MR) is 116 cm³/mol. The number of nitrogens with zero attached hydrogens (tertiary/aromatic N) is 1. The van der Waals surface area contributed by atoms with Gasteiger partial charge in [-0.05, 0) is 41.5 Å². The minimum absolute atomic E-state index is 0.0280. The normalized spacial score (nSPS) is 23.5. The maximum absolute atomic E-state index is 15.2. The van der Waals surface area contributed by atoms with Crippen LogP contribution in [0.1, 0.15) is 28.2 Å². The Labute approximate surface area is 196 Å². The number of hydrogen-bond donors (Lipinski definition) is 3. The Morgan fingerprint density at radius 1 is 1.14 bits per heavy atom. The number of fused-ring (bicyclic) bond motifs is 5. The number of aliphatic hydroxyl groups excluding tert-OH is 1. The zero-order valence-corrected chi connectivity index (χ0v) is 18.0. The third-order valence-electron chi connectivity index (χ3n) is 6.77. The van der Waals surface area contributed by atoms with Crippen molar-refractivity contribution in [2.24, 2.45) is 5.73 Å². The van der Waals surface area contributed by atoms with Gasteiger partial charge in [-0.25, -0.2) is 4.39 Å². The molecule has 2 atom stereocenters. The van der Waals surface area contributed by atoms with Gasteiger partial charge < -0.3 is 34.9 Å². The third kappa shape index (κ3) is 3.00. The van der Waals surface area contributed by atoms with E-state index < -0.39 is 29.4 Å². The highest BCUT2D eigenvalue weighted by Gasteiger charge is 2.56. The number of nitrogens with one attached hydrogen (secondary N) is 1. The molecule has 7 nitrogen and oxygen atoms in total. The largest absolute Gasteiger partial charge is 0.455 e. The van der Waals surface area contributed by atoms with Crippen molar-refractivity contribution in [3.05, 3.63) is 82.7 Å². The van der Waals surface area contributed by atoms with E-state index in [-0.39, 0.29) is 31.3 Å². The first-order chi connectivity index (χ1) is 16.7. The van der Waals surface area contributed by atoms with E-state index >= 15 is 4.39 Å². The highest BCUT2D eigenvalue weighted by Crippen LogP contribution is 2.55. The van der Waals surface area contributed by atoms with Gasteiger partial charge in [-0.1, -0.05) is 12.1 Å². The average molecular weight is 489 g/mol. The number of rotatable bonds is 2. The van der Waals surface area contributed by atoms with Crippen molar-refractivity contribution < 1.29 is 36.6 Å². The molecule has 1 spiro atoms. The van der Waals surface area contributed by atoms with E-state index in [0.717, 1.165) is 6.07 Å². The number of ether oxygens (including phenoxy) is 2. The fourth-order valence-corrected chi connectivity index (χ4v) is 5.22. The molecule has 2 aromatic carbocycles. The summed E-state index contributed by atoms with van der Waals surface area (Å²) in [5, 5.41) is 14.9. The van der Waals surface area contributed by atoms with Crippen LogP contribution in [0, 0.1) is 5.82 Å². The van der Waals surface area contributed by atoms with Crippen LogP contribution >= 0.6 is 0 Å². The first kappa shape index (κ1) is 21.7. The summed E-state index contributed by atoms with van der Waals surface area (Å²) < 4.78 is 70.4. The van der Waals surface area contributed by atoms with Crippen molar-refractivity contribution in [2.45, 2.75) is 24.4 Å². The maximum atomic E-state index is 15.2. The van der Waals surface area contributed by atoms with Crippen LogP contribution in [0.4, 0.5) is 23.2 Å². The van der Waals surface area contributed by atoms with Crippen LogP contribution in [0.25, 0.3) is 5.70 Å². The number of aliphatic hydroxyl groups is 1. The molecule has 182 valence electrons. The van der Waals surface area contributed by atoms with Crippen molar-refractivity contribution in [2.75, 3.05) is 18.2 Å². The van der Waals surface area contributed by atoms with E-state index in [1.807, 2.05) is 0 Å². The van der Waals surface area contributed by atoms with Crippen molar-refractivity contribution in [3.8, 4) is 11.5 Å². The molecule has 0 bridgehead atoms. The fraction of sp³-hybridized carbons (Fsp3) is 0.250. The van der Waals surface area contributed by atoms with Gasteiger partial charge in [-0.3, -0.25) is 0 Å². The Morgan fingerprint density at radius 3 is 2.63 bits per heavy atom. The fourth-order valence-electron chi connectivity index (χ4n) is 5.22. The standard InChI is InChI=1S/C24H19F4N3O4/c25-16-3-1-2-14-21(16)31(9-12-4-5-20(35-12)24(26,27)28)22(32)23(14)10-30-17(8-29)13-6-18-19(7-15(13)23)34-11-33-18/h1-8,22,30,32H,9-11,29H2/b17-8-. The van der Waals surface area contributed by atoms with Crippen LogP contribution in [-0.4, -0.2) is 24.7 Å². The number of halogens is 4. The number of furan rings is 1. The van der Waals surface area contributed by atoms with Crippen molar-refractivity contribution in [1.82, 2.24) is 5.32 Å². The number of benzene rings is 2. The van der Waals surface area contributed by atoms with Gasteiger partial charge in [-0.15, -0.1) is 0 Å². The molecular formula is C24H19F4N3O4. The van der Waals surface area contributed by atoms with E-state index in [0.29, 0.717) is 33.9 Å². The molecule has 4 heterocycles. The first-order valence-electron chi connectivity index (χ1n) is 10.7. The van der Waals surface area contributed by atoms with E-state index in [1.54, 1.807) is 18.2 Å². The second-order valence-electron chi connectivity index (χ2n) is 8.56. The third-order valence-corrected chi connectivity index (χ3v) is 6.77. The van der Waals surface area contributed by atoms with Gasteiger partial charge in [0.05, 0.1) is 23.3 Å². The number of anilines is 1. The second-order valence-corrected chi connectivity index (χ2v) is 8.56. The van der Waals surface area contributed by atoms with Gasteiger partial charge in [0.2, 0.25) is 12.6 Å². The average Bonchev–Trinajstić information content (AvgIpc) is 3.53. The molecule has 3 aromatic rings. The maximum Gasteiger partial charge on any atom is 0.449 e. The lowest BCUT2D eigenvalue weighted by molar-refractivity contribution is -0.153. The molecule has 35 heavy (non-hydrogen) atoms. The van der Waals surface area contributed by atoms with E-state index in [9.17, 15) is 18.3 Å². The molecular weight excluding hydrogens is 470 g/mol. The molecule has 11 heteroatoms. The SMILES string of the molecule is N/C=C1\NCC2(c3cc4c(cc31)OCO4)c1cccc(F)c1N(Cc1ccc(C(F)(F)F)o1)C2O. The lowest BCUT2D eigenvalue weighted by Crippen LogP contribution is -2.53. The summed E-state index contributed by atoms with van der Waals surface area (Å²) >= 11 is 0. The number of hydrogen-bond acceptors (Lipinski definition) is 7. The van der Waals surface area contributed by atoms with Gasteiger partial charge in [0, 0.05) is 18.3 Å². The smallest absolute Gasteiger partial charge is 0.449 e. The first-order valence-corrected chi connectivity index (χ1v) is 10.7. The molecule has 4 N–H and O–H groups in total. The van der Waals surface area contributed by atoms with Gasteiger partial charge in [-0.2, -0.15) is 13.2 Å². The van der Waals surface area contributed by atoms with Crippen LogP contribution in [0.2, 0.25) is 0 Å². The molecule has 0 aliphatic carbocycles. The highest BCUT2D eigenvalue weighted by molar-refractivity contribution is 5.79. The summed E-state index contributed by atoms with van der Waals surface area (Å²) in [6, 6.07) is 9.91. The quantitative estimate of drug-likeness (QED) is 0.474. The molecule has 0 radical (unpaired) electrons. The Hall–Kier alpha value is -3.86. The predicted octanol–water partition coefficient (Wildman–Crippen LogP) is 3.65. The number of nitrogens with two attached hydrogens (primary N) is 1. The molecule has 0 fully saturated rings. The molecule has 0 saturated carbocycles. The summed E-state index contributed by atoms with van der Waals surface area (Å²) in [7, 11) is 0. The Balaban J connectivity index is 1.52.